The highest BCUT2D eigenvalue weighted by atomic mass is 35.5. The van der Waals surface area contributed by atoms with Gasteiger partial charge in [-0.05, 0) is 55.0 Å². The highest BCUT2D eigenvalue weighted by Crippen LogP contribution is 2.30. The van der Waals surface area contributed by atoms with Gasteiger partial charge in [0.2, 0.25) is 0 Å². The van der Waals surface area contributed by atoms with Gasteiger partial charge < -0.3 is 5.11 Å². The summed E-state index contributed by atoms with van der Waals surface area (Å²) in [4.78, 5) is 12.8. The van der Waals surface area contributed by atoms with E-state index in [4.69, 9.17) is 16.7 Å². The van der Waals surface area contributed by atoms with E-state index in [2.05, 4.69) is 0 Å². The molecule has 0 aliphatic heterocycles. The van der Waals surface area contributed by atoms with Gasteiger partial charge in [0.25, 0.3) is 0 Å². The third-order valence-corrected chi connectivity index (χ3v) is 3.89. The van der Waals surface area contributed by atoms with Crippen molar-refractivity contribution in [2.75, 3.05) is 0 Å². The molecule has 1 N–H and O–H groups in total. The van der Waals surface area contributed by atoms with Crippen molar-refractivity contribution >= 4 is 29.3 Å². The molecule has 0 saturated carbocycles. The number of hydrogen-bond donors (Lipinski definition) is 1. The maximum atomic E-state index is 10.7. The van der Waals surface area contributed by atoms with E-state index in [0.717, 1.165) is 20.4 Å². The van der Waals surface area contributed by atoms with Crippen LogP contribution in [0.5, 0.6) is 0 Å². The van der Waals surface area contributed by atoms with Crippen molar-refractivity contribution in [3.63, 3.8) is 0 Å². The van der Waals surface area contributed by atoms with Crippen LogP contribution in [0.1, 0.15) is 15.9 Å². The average Bonchev–Trinajstić information content (AvgIpc) is 2.34. The molecule has 0 spiro atoms. The third-order valence-electron chi connectivity index (χ3n) is 2.47. The summed E-state index contributed by atoms with van der Waals surface area (Å²) in [6.07, 6.45) is 0. The van der Waals surface area contributed by atoms with Gasteiger partial charge in [0.1, 0.15) is 0 Å². The molecule has 4 heteroatoms. The van der Waals surface area contributed by atoms with Crippen molar-refractivity contribution in [1.82, 2.24) is 0 Å². The topological polar surface area (TPSA) is 37.3 Å². The molecule has 18 heavy (non-hydrogen) atoms. The maximum absolute atomic E-state index is 10.7. The quantitative estimate of drug-likeness (QED) is 0.898. The maximum Gasteiger partial charge on any atom is 0.335 e. The second-order valence-electron chi connectivity index (χ2n) is 3.84. The van der Waals surface area contributed by atoms with Crippen LogP contribution < -0.4 is 0 Å². The molecule has 2 aromatic rings. The normalized spacial score (nSPS) is 10.3. The summed E-state index contributed by atoms with van der Waals surface area (Å²) in [6.45, 7) is 1.96. The third kappa shape index (κ3) is 3.06. The fourth-order valence-corrected chi connectivity index (χ4v) is 2.52. The zero-order chi connectivity index (χ0) is 13.1. The molecule has 2 aromatic carbocycles. The first-order valence-corrected chi connectivity index (χ1v) is 6.53. The summed E-state index contributed by atoms with van der Waals surface area (Å²) in [5.74, 6) is -0.908. The number of hydrogen-bond acceptors (Lipinski definition) is 2. The summed E-state index contributed by atoms with van der Waals surface area (Å²) >= 11 is 7.54. The van der Waals surface area contributed by atoms with Crippen LogP contribution in [0.25, 0.3) is 0 Å². The first-order chi connectivity index (χ1) is 8.56. The summed E-state index contributed by atoms with van der Waals surface area (Å²) in [7, 11) is 0. The van der Waals surface area contributed by atoms with E-state index < -0.39 is 5.97 Å². The number of halogens is 1. The minimum absolute atomic E-state index is 0.298. The minimum atomic E-state index is -0.908. The predicted octanol–water partition coefficient (Wildman–Crippen LogP) is 4.50. The first kappa shape index (κ1) is 13.0. The van der Waals surface area contributed by atoms with E-state index in [9.17, 15) is 4.79 Å². The second-order valence-corrected chi connectivity index (χ2v) is 5.40. The van der Waals surface area contributed by atoms with Crippen LogP contribution in [0.2, 0.25) is 5.02 Å². The van der Waals surface area contributed by atoms with Gasteiger partial charge in [-0.15, -0.1) is 0 Å². The van der Waals surface area contributed by atoms with Crippen LogP contribution >= 0.6 is 23.4 Å². The first-order valence-electron chi connectivity index (χ1n) is 5.33. The molecule has 0 bridgehead atoms. The summed E-state index contributed by atoms with van der Waals surface area (Å²) < 4.78 is 0. The molecule has 0 heterocycles. The molecule has 0 fully saturated rings. The average molecular weight is 279 g/mol. The zero-order valence-electron chi connectivity index (χ0n) is 9.68. The Morgan fingerprint density at radius 2 is 1.72 bits per heavy atom. The Morgan fingerprint density at radius 1 is 1.11 bits per heavy atom. The van der Waals surface area contributed by atoms with Crippen molar-refractivity contribution in [2.24, 2.45) is 0 Å². The number of rotatable bonds is 3. The number of aryl methyl sites for hydroxylation is 1. The van der Waals surface area contributed by atoms with Crippen LogP contribution in [0, 0.1) is 6.92 Å². The highest BCUT2D eigenvalue weighted by Gasteiger charge is 2.03. The Balaban J connectivity index is 2.18. The van der Waals surface area contributed by atoms with Gasteiger partial charge in [0, 0.05) is 14.8 Å². The van der Waals surface area contributed by atoms with E-state index in [-0.39, 0.29) is 0 Å². The van der Waals surface area contributed by atoms with Crippen LogP contribution in [0.15, 0.2) is 52.3 Å². The number of benzene rings is 2. The van der Waals surface area contributed by atoms with Crippen LogP contribution in [0.3, 0.4) is 0 Å². The molecular weight excluding hydrogens is 268 g/mol. The molecular formula is C14H11ClO2S. The molecule has 0 aliphatic carbocycles. The monoisotopic (exact) mass is 278 g/mol. The fraction of sp³-hybridized carbons (Fsp3) is 0.0714. The molecule has 0 aromatic heterocycles. The van der Waals surface area contributed by atoms with Crippen LogP contribution in [-0.4, -0.2) is 11.1 Å². The van der Waals surface area contributed by atoms with E-state index in [1.807, 2.05) is 25.1 Å². The summed E-state index contributed by atoms with van der Waals surface area (Å²) in [5, 5.41) is 9.56. The van der Waals surface area contributed by atoms with Crippen molar-refractivity contribution in [3.05, 3.63) is 58.6 Å². The summed E-state index contributed by atoms with van der Waals surface area (Å²) in [6, 6.07) is 12.6. The van der Waals surface area contributed by atoms with Crippen molar-refractivity contribution in [3.8, 4) is 0 Å². The Kier molecular flexibility index (Phi) is 3.94. The van der Waals surface area contributed by atoms with Gasteiger partial charge in [-0.25, -0.2) is 4.79 Å². The molecule has 0 atom stereocenters. The summed E-state index contributed by atoms with van der Waals surface area (Å²) in [5.41, 5.74) is 1.33. The smallest absolute Gasteiger partial charge is 0.335 e. The number of carbonyl (C=O) groups is 1. The van der Waals surface area contributed by atoms with Crippen molar-refractivity contribution in [1.29, 1.82) is 0 Å². The second kappa shape index (κ2) is 5.46. The lowest BCUT2D eigenvalue weighted by molar-refractivity contribution is 0.0697. The minimum Gasteiger partial charge on any atom is -0.478 e. The van der Waals surface area contributed by atoms with E-state index in [1.165, 1.54) is 0 Å². The lowest BCUT2D eigenvalue weighted by Gasteiger charge is -2.04. The molecule has 0 saturated heterocycles. The number of carboxylic acid groups (broad SMARTS) is 1. The highest BCUT2D eigenvalue weighted by molar-refractivity contribution is 7.99. The van der Waals surface area contributed by atoms with Crippen molar-refractivity contribution in [2.45, 2.75) is 16.7 Å². The molecule has 2 rings (SSSR count). The molecule has 0 aliphatic rings. The Morgan fingerprint density at radius 3 is 2.28 bits per heavy atom. The van der Waals surface area contributed by atoms with Gasteiger partial charge in [-0.3, -0.25) is 0 Å². The van der Waals surface area contributed by atoms with Gasteiger partial charge in [0.15, 0.2) is 0 Å². The van der Waals surface area contributed by atoms with Crippen LogP contribution in [-0.2, 0) is 0 Å². The van der Waals surface area contributed by atoms with E-state index in [0.29, 0.717) is 5.56 Å². The SMILES string of the molecule is Cc1cc(Sc2ccc(C(=O)O)cc2)ccc1Cl. The fourth-order valence-electron chi connectivity index (χ4n) is 1.48. The van der Waals surface area contributed by atoms with E-state index in [1.54, 1.807) is 36.0 Å². The van der Waals surface area contributed by atoms with E-state index >= 15 is 0 Å². The largest absolute Gasteiger partial charge is 0.478 e. The number of aromatic carboxylic acids is 1. The molecule has 0 radical (unpaired) electrons. The standard InChI is InChI=1S/C14H11ClO2S/c1-9-8-12(6-7-13(9)15)18-11-4-2-10(3-5-11)14(16)17/h2-8H,1H3,(H,16,17). The molecule has 0 amide bonds. The molecule has 0 unspecified atom stereocenters. The van der Waals surface area contributed by atoms with Gasteiger partial charge in [-0.1, -0.05) is 23.4 Å². The Labute approximate surface area is 115 Å². The molecule has 2 nitrogen and oxygen atoms in total. The number of carboxylic acids is 1. The van der Waals surface area contributed by atoms with Gasteiger partial charge in [-0.2, -0.15) is 0 Å². The lowest BCUT2D eigenvalue weighted by atomic mass is 10.2. The Bertz CT molecular complexity index is 579. The molecule has 92 valence electrons. The zero-order valence-corrected chi connectivity index (χ0v) is 11.3. The van der Waals surface area contributed by atoms with Crippen molar-refractivity contribution < 1.29 is 9.90 Å². The van der Waals surface area contributed by atoms with Crippen LogP contribution in [0.4, 0.5) is 0 Å². The van der Waals surface area contributed by atoms with Gasteiger partial charge in [0.05, 0.1) is 5.56 Å². The lowest BCUT2D eigenvalue weighted by Crippen LogP contribution is -1.94. The predicted molar refractivity (Wildman–Crippen MR) is 73.7 cm³/mol. The Hall–Kier alpha value is -1.45. The van der Waals surface area contributed by atoms with Gasteiger partial charge >= 0.3 is 5.97 Å².